The highest BCUT2D eigenvalue weighted by Gasteiger charge is 2.24. The first-order valence-corrected chi connectivity index (χ1v) is 15.0. The van der Waals surface area contributed by atoms with Crippen molar-refractivity contribution in [3.8, 4) is 0 Å². The van der Waals surface area contributed by atoms with Crippen LogP contribution in [0.3, 0.4) is 0 Å². The third-order valence-corrected chi connectivity index (χ3v) is 6.98. The van der Waals surface area contributed by atoms with E-state index in [1.807, 2.05) is 0 Å². The number of anilines is 1. The van der Waals surface area contributed by atoms with Gasteiger partial charge in [-0.05, 0) is 17.7 Å². The monoisotopic (exact) mass is 692 g/mol. The highest BCUT2D eigenvalue weighted by Crippen LogP contribution is 2.16. The zero-order chi connectivity index (χ0) is 35.4. The first-order chi connectivity index (χ1) is 22.7. The fourth-order valence-corrected chi connectivity index (χ4v) is 4.86. The average Bonchev–Trinajstić information content (AvgIpc) is 3.60. The van der Waals surface area contributed by atoms with Crippen molar-refractivity contribution < 1.29 is 57.6 Å². The van der Waals surface area contributed by atoms with Crippen LogP contribution in [0, 0.1) is 0 Å². The van der Waals surface area contributed by atoms with Crippen molar-refractivity contribution in [2.24, 2.45) is 0 Å². The summed E-state index contributed by atoms with van der Waals surface area (Å²) < 4.78 is 27.1. The van der Waals surface area contributed by atoms with Gasteiger partial charge in [-0.1, -0.05) is 12.1 Å². The van der Waals surface area contributed by atoms with Gasteiger partial charge in [0.05, 0.1) is 13.1 Å². The zero-order valence-electron chi connectivity index (χ0n) is 25.1. The van der Waals surface area contributed by atoms with Gasteiger partial charge in [-0.25, -0.2) is 18.4 Å². The molecule has 0 bridgehead atoms. The number of thiol groups is 1. The lowest BCUT2D eigenvalue weighted by atomic mass is 10.2. The zero-order valence-corrected chi connectivity index (χ0v) is 26.0. The summed E-state index contributed by atoms with van der Waals surface area (Å²) in [5, 5.41) is 36.5. The molecule has 0 saturated heterocycles. The summed E-state index contributed by atoms with van der Waals surface area (Å²) in [6.45, 7) is -3.90. The average molecular weight is 693 g/mol. The van der Waals surface area contributed by atoms with Gasteiger partial charge in [-0.15, -0.1) is 0 Å². The second kappa shape index (κ2) is 17.2. The highest BCUT2D eigenvalue weighted by atomic mass is 32.2. The van der Waals surface area contributed by atoms with E-state index in [1.165, 1.54) is 46.1 Å². The molecule has 0 aliphatic carbocycles. The molecule has 0 fully saturated rings. The van der Waals surface area contributed by atoms with E-state index in [9.17, 15) is 37.2 Å². The van der Waals surface area contributed by atoms with Crippen LogP contribution in [0.15, 0.2) is 49.1 Å². The Labute approximate surface area is 273 Å². The summed E-state index contributed by atoms with van der Waals surface area (Å²) in [6.07, 6.45) is 5.69. The summed E-state index contributed by atoms with van der Waals surface area (Å²) >= 11 is 0. The molecule has 0 aliphatic rings. The van der Waals surface area contributed by atoms with Crippen molar-refractivity contribution in [1.82, 2.24) is 33.8 Å². The second-order valence-electron chi connectivity index (χ2n) is 10.2. The summed E-state index contributed by atoms with van der Waals surface area (Å²) in [7, 11) is -2.89. The molecule has 0 atom stereocenters. The van der Waals surface area contributed by atoms with Crippen LogP contribution in [-0.4, -0.2) is 125 Å². The lowest BCUT2D eigenvalue weighted by Gasteiger charge is -2.24. The number of carbonyl (C=O) groups is 6. The summed E-state index contributed by atoms with van der Waals surface area (Å²) in [6, 6.07) is 6.39. The standard InChI is InChI=1S/C27H32N8O12S/c36-22(34(14-24(38)39)15-25(40)41)12-32-7-5-28-20(32)10-31(9-18-1-3-19(4-2-18)30-48(46)47)11-21-29-6-8-33(21)13-23(37)35(16-26(42)43)17-27(44)45/h1-8,48H,9-17H2,(H,38,39)(H,40,41)(H,42,43)(H,44,45)(H,30,46,47). The van der Waals surface area contributed by atoms with Crippen LogP contribution in [0.1, 0.15) is 17.2 Å². The van der Waals surface area contributed by atoms with Crippen molar-refractivity contribution in [1.29, 1.82) is 0 Å². The number of benzene rings is 1. The molecule has 3 aromatic rings. The number of imidazole rings is 2. The third-order valence-electron chi connectivity index (χ3n) is 6.54. The number of nitrogens with zero attached hydrogens (tertiary/aromatic N) is 7. The van der Waals surface area contributed by atoms with Crippen LogP contribution >= 0.6 is 0 Å². The molecule has 1 aromatic carbocycles. The van der Waals surface area contributed by atoms with E-state index >= 15 is 0 Å². The first kappa shape index (κ1) is 36.6. The van der Waals surface area contributed by atoms with Crippen LogP contribution in [0.2, 0.25) is 0 Å². The Morgan fingerprint density at radius 3 is 1.40 bits per heavy atom. The number of rotatable bonds is 20. The molecule has 5 N–H and O–H groups in total. The molecule has 0 radical (unpaired) electrons. The van der Waals surface area contributed by atoms with Gasteiger partial charge in [0.25, 0.3) is 0 Å². The predicted octanol–water partition coefficient (Wildman–Crippen LogP) is -1.78. The van der Waals surface area contributed by atoms with Gasteiger partial charge in [0, 0.05) is 37.0 Å². The number of aliphatic carboxylic acids is 4. The Bertz CT molecular complexity index is 1590. The van der Waals surface area contributed by atoms with Crippen LogP contribution in [0.4, 0.5) is 5.69 Å². The summed E-state index contributed by atoms with van der Waals surface area (Å²) in [4.78, 5) is 82.3. The van der Waals surface area contributed by atoms with Gasteiger partial charge in [0.15, 0.2) is 0 Å². The van der Waals surface area contributed by atoms with Gasteiger partial charge in [-0.2, -0.15) is 0 Å². The van der Waals surface area contributed by atoms with E-state index < -0.39 is 85.9 Å². The minimum absolute atomic E-state index is 0.0372. The maximum atomic E-state index is 12.9. The largest absolute Gasteiger partial charge is 0.480 e. The van der Waals surface area contributed by atoms with E-state index in [-0.39, 0.29) is 19.6 Å². The first-order valence-electron chi connectivity index (χ1n) is 13.8. The topological polar surface area (TPSA) is 275 Å². The third kappa shape index (κ3) is 11.8. The Morgan fingerprint density at radius 2 is 1.04 bits per heavy atom. The molecule has 21 heteroatoms. The van der Waals surface area contributed by atoms with E-state index in [4.69, 9.17) is 20.4 Å². The SMILES string of the molecule is O=C(O)CN(CC(=O)O)C(=O)Cn1ccnc1CN(Cc1ccc(N[SH](=O)=O)cc1)Cc1nccn1CC(=O)N(CC(=O)O)CC(=O)O. The number of amides is 2. The number of carbonyl (C=O) groups excluding carboxylic acids is 2. The van der Waals surface area contributed by atoms with Crippen LogP contribution < -0.4 is 4.72 Å². The highest BCUT2D eigenvalue weighted by molar-refractivity contribution is 7.73. The minimum atomic E-state index is -2.89. The quantitative estimate of drug-likeness (QED) is 0.0714. The van der Waals surface area contributed by atoms with Crippen molar-refractivity contribution >= 4 is 52.3 Å². The molecule has 0 unspecified atom stereocenters. The lowest BCUT2D eigenvalue weighted by Crippen LogP contribution is -2.41. The van der Waals surface area contributed by atoms with Gasteiger partial charge >= 0.3 is 23.9 Å². The Morgan fingerprint density at radius 1 is 0.646 bits per heavy atom. The molecule has 2 heterocycles. The molecular formula is C27H32N8O12S. The second-order valence-corrected chi connectivity index (χ2v) is 11.0. The fraction of sp³-hybridized carbons (Fsp3) is 0.333. The van der Waals surface area contributed by atoms with Gasteiger partial charge in [0.2, 0.25) is 22.7 Å². The normalized spacial score (nSPS) is 11.0. The van der Waals surface area contributed by atoms with Crippen LogP contribution in [0.5, 0.6) is 0 Å². The molecule has 0 spiro atoms. The van der Waals surface area contributed by atoms with Gasteiger partial charge < -0.3 is 39.4 Å². The van der Waals surface area contributed by atoms with Crippen molar-refractivity contribution in [3.63, 3.8) is 0 Å². The van der Waals surface area contributed by atoms with Crippen LogP contribution in [-0.2, 0) is 72.4 Å². The van der Waals surface area contributed by atoms with E-state index in [1.54, 1.807) is 17.0 Å². The molecule has 3 rings (SSSR count). The predicted molar refractivity (Wildman–Crippen MR) is 161 cm³/mol. The number of carboxylic acids is 4. The maximum Gasteiger partial charge on any atom is 0.323 e. The fourth-order valence-electron chi connectivity index (χ4n) is 4.50. The Kier molecular flexibility index (Phi) is 13.1. The number of carboxylic acid groups (broad SMARTS) is 4. The number of nitrogens with one attached hydrogen (secondary N) is 1. The molecular weight excluding hydrogens is 660 g/mol. The smallest absolute Gasteiger partial charge is 0.323 e. The molecule has 0 saturated carbocycles. The lowest BCUT2D eigenvalue weighted by molar-refractivity contribution is -0.150. The molecule has 2 amide bonds. The maximum absolute atomic E-state index is 12.9. The van der Waals surface area contributed by atoms with Gasteiger partial charge in [-0.3, -0.25) is 38.4 Å². The van der Waals surface area contributed by atoms with Crippen molar-refractivity contribution in [3.05, 3.63) is 66.3 Å². The number of aromatic nitrogens is 4. The molecule has 2 aromatic heterocycles. The van der Waals surface area contributed by atoms with Crippen LogP contribution in [0.25, 0.3) is 0 Å². The van der Waals surface area contributed by atoms with Crippen molar-refractivity contribution in [2.45, 2.75) is 32.7 Å². The molecule has 258 valence electrons. The minimum Gasteiger partial charge on any atom is -0.480 e. The number of hydrogen-bond acceptors (Lipinski definition) is 11. The molecule has 20 nitrogen and oxygen atoms in total. The summed E-state index contributed by atoms with van der Waals surface area (Å²) in [5.74, 6) is -6.52. The Hall–Kier alpha value is -5.83. The van der Waals surface area contributed by atoms with E-state index in [0.717, 1.165) is 0 Å². The Balaban J connectivity index is 1.87. The van der Waals surface area contributed by atoms with E-state index in [2.05, 4.69) is 14.7 Å². The van der Waals surface area contributed by atoms with Crippen molar-refractivity contribution in [2.75, 3.05) is 30.9 Å². The van der Waals surface area contributed by atoms with Gasteiger partial charge in [0.1, 0.15) is 50.9 Å². The van der Waals surface area contributed by atoms with E-state index in [0.29, 0.717) is 32.7 Å². The molecule has 48 heavy (non-hydrogen) atoms. The molecule has 0 aliphatic heterocycles. The summed E-state index contributed by atoms with van der Waals surface area (Å²) in [5.41, 5.74) is 1.03. The number of hydrogen-bond donors (Lipinski definition) is 6.